The zero-order chi connectivity index (χ0) is 12.5. The average molecular weight is 245 g/mol. The summed E-state index contributed by atoms with van der Waals surface area (Å²) in [7, 11) is 0. The lowest BCUT2D eigenvalue weighted by Gasteiger charge is -2.24. The third-order valence-electron chi connectivity index (χ3n) is 2.49. The largest absolute Gasteiger partial charge is 0.416 e. The number of ether oxygens (including phenoxy) is 1. The molecule has 1 aromatic rings. The van der Waals surface area contributed by atoms with Crippen LogP contribution in [-0.2, 0) is 15.7 Å². The number of hydrogen-bond acceptors (Lipinski definition) is 2. The number of rotatable bonds is 1. The summed E-state index contributed by atoms with van der Waals surface area (Å²) >= 11 is 0. The van der Waals surface area contributed by atoms with Gasteiger partial charge in [0.1, 0.15) is 6.61 Å². The molecule has 1 aliphatic rings. The molecule has 0 spiro atoms. The summed E-state index contributed by atoms with van der Waals surface area (Å²) in [6, 6.07) is 4.32. The number of carbonyl (C=O) groups excluding carboxylic acids is 1. The van der Waals surface area contributed by atoms with E-state index in [4.69, 9.17) is 4.74 Å². The van der Waals surface area contributed by atoms with Gasteiger partial charge in [0.05, 0.1) is 18.2 Å². The smallest absolute Gasteiger partial charge is 0.369 e. The number of carbonyl (C=O) groups is 1. The van der Waals surface area contributed by atoms with Crippen LogP contribution in [0.25, 0.3) is 0 Å². The van der Waals surface area contributed by atoms with Crippen molar-refractivity contribution in [1.82, 2.24) is 5.32 Å². The molecule has 6 heteroatoms. The van der Waals surface area contributed by atoms with Crippen molar-refractivity contribution in [3.8, 4) is 0 Å². The average Bonchev–Trinajstić information content (AvgIpc) is 2.28. The minimum atomic E-state index is -4.34. The third kappa shape index (κ3) is 2.76. The Labute approximate surface area is 95.6 Å². The highest BCUT2D eigenvalue weighted by atomic mass is 19.4. The van der Waals surface area contributed by atoms with Crippen LogP contribution in [0.2, 0.25) is 0 Å². The Morgan fingerprint density at radius 2 is 1.88 bits per heavy atom. The molecule has 17 heavy (non-hydrogen) atoms. The van der Waals surface area contributed by atoms with Crippen molar-refractivity contribution in [2.45, 2.75) is 12.2 Å². The van der Waals surface area contributed by atoms with Gasteiger partial charge in [-0.05, 0) is 17.7 Å². The zero-order valence-corrected chi connectivity index (χ0v) is 8.75. The van der Waals surface area contributed by atoms with Crippen molar-refractivity contribution < 1.29 is 22.7 Å². The predicted octanol–water partition coefficient (Wildman–Crippen LogP) is 1.89. The SMILES string of the molecule is O=C1COCC(c2ccc(C(F)(F)F)cc2)N1. The lowest BCUT2D eigenvalue weighted by atomic mass is 10.0. The molecule has 0 aliphatic carbocycles. The summed E-state index contributed by atoms with van der Waals surface area (Å²) in [6.45, 7) is 0.272. The number of amides is 1. The van der Waals surface area contributed by atoms with Crippen LogP contribution in [0.5, 0.6) is 0 Å². The summed E-state index contributed by atoms with van der Waals surface area (Å²) in [6.07, 6.45) is -4.34. The van der Waals surface area contributed by atoms with Gasteiger partial charge in [-0.15, -0.1) is 0 Å². The van der Waals surface area contributed by atoms with Gasteiger partial charge in [-0.1, -0.05) is 12.1 Å². The maximum Gasteiger partial charge on any atom is 0.416 e. The number of benzene rings is 1. The highest BCUT2D eigenvalue weighted by Gasteiger charge is 2.30. The van der Waals surface area contributed by atoms with Crippen LogP contribution in [0.1, 0.15) is 17.2 Å². The Bertz CT molecular complexity index is 414. The highest BCUT2D eigenvalue weighted by Crippen LogP contribution is 2.30. The lowest BCUT2D eigenvalue weighted by molar-refractivity contribution is -0.137. The van der Waals surface area contributed by atoms with Gasteiger partial charge in [-0.25, -0.2) is 0 Å². The van der Waals surface area contributed by atoms with Crippen LogP contribution in [-0.4, -0.2) is 19.1 Å². The normalized spacial score (nSPS) is 21.1. The van der Waals surface area contributed by atoms with Crippen molar-refractivity contribution in [3.63, 3.8) is 0 Å². The monoisotopic (exact) mass is 245 g/mol. The van der Waals surface area contributed by atoms with Gasteiger partial charge in [-0.2, -0.15) is 13.2 Å². The van der Waals surface area contributed by atoms with Gasteiger partial charge in [0.25, 0.3) is 0 Å². The maximum absolute atomic E-state index is 12.3. The van der Waals surface area contributed by atoms with Gasteiger partial charge in [0.2, 0.25) is 5.91 Å². The molecule has 1 fully saturated rings. The van der Waals surface area contributed by atoms with E-state index in [1.807, 2.05) is 0 Å². The summed E-state index contributed by atoms with van der Waals surface area (Å²) in [5, 5.41) is 2.65. The van der Waals surface area contributed by atoms with E-state index in [0.717, 1.165) is 12.1 Å². The molecule has 1 aliphatic heterocycles. The van der Waals surface area contributed by atoms with Crippen molar-refractivity contribution >= 4 is 5.91 Å². The predicted molar refractivity (Wildman–Crippen MR) is 53.1 cm³/mol. The molecule has 2 rings (SSSR count). The second-order valence-electron chi connectivity index (χ2n) is 3.75. The van der Waals surface area contributed by atoms with Gasteiger partial charge in [-0.3, -0.25) is 4.79 Å². The summed E-state index contributed by atoms with van der Waals surface area (Å²) in [4.78, 5) is 11.1. The molecule has 0 bridgehead atoms. The fraction of sp³-hybridized carbons (Fsp3) is 0.364. The Kier molecular flexibility index (Phi) is 3.06. The third-order valence-corrected chi connectivity index (χ3v) is 2.49. The van der Waals surface area contributed by atoms with E-state index < -0.39 is 11.7 Å². The van der Waals surface area contributed by atoms with Crippen LogP contribution in [0, 0.1) is 0 Å². The van der Waals surface area contributed by atoms with Gasteiger partial charge in [0.15, 0.2) is 0 Å². The Hall–Kier alpha value is -1.56. The van der Waals surface area contributed by atoms with Crippen LogP contribution >= 0.6 is 0 Å². The fourth-order valence-electron chi connectivity index (χ4n) is 1.63. The highest BCUT2D eigenvalue weighted by molar-refractivity contribution is 5.78. The molecule has 0 saturated carbocycles. The molecular weight excluding hydrogens is 235 g/mol. The number of nitrogens with one attached hydrogen (secondary N) is 1. The van der Waals surface area contributed by atoms with E-state index >= 15 is 0 Å². The molecule has 1 saturated heterocycles. The molecular formula is C11H10F3NO2. The molecule has 0 aromatic heterocycles. The van der Waals surface area contributed by atoms with Gasteiger partial charge >= 0.3 is 6.18 Å². The summed E-state index contributed by atoms with van der Waals surface area (Å²) in [5.41, 5.74) is -0.102. The molecule has 1 heterocycles. The Balaban J connectivity index is 2.15. The Morgan fingerprint density at radius 1 is 1.24 bits per heavy atom. The van der Waals surface area contributed by atoms with Crippen LogP contribution in [0.3, 0.4) is 0 Å². The first-order chi connectivity index (χ1) is 7.97. The fourth-order valence-corrected chi connectivity index (χ4v) is 1.63. The number of alkyl halides is 3. The molecule has 1 atom stereocenters. The minimum absolute atomic E-state index is 0.00284. The first-order valence-electron chi connectivity index (χ1n) is 5.01. The zero-order valence-electron chi connectivity index (χ0n) is 8.75. The molecule has 1 unspecified atom stereocenters. The maximum atomic E-state index is 12.3. The van der Waals surface area contributed by atoms with Crippen LogP contribution in [0.15, 0.2) is 24.3 Å². The van der Waals surface area contributed by atoms with Crippen molar-refractivity contribution in [2.24, 2.45) is 0 Å². The van der Waals surface area contributed by atoms with E-state index in [2.05, 4.69) is 5.32 Å². The van der Waals surface area contributed by atoms with E-state index in [9.17, 15) is 18.0 Å². The first-order valence-corrected chi connectivity index (χ1v) is 5.01. The quantitative estimate of drug-likeness (QED) is 0.820. The second kappa shape index (κ2) is 4.37. The topological polar surface area (TPSA) is 38.3 Å². The van der Waals surface area contributed by atoms with Crippen molar-refractivity contribution in [3.05, 3.63) is 35.4 Å². The molecule has 0 radical (unpaired) electrons. The first kappa shape index (κ1) is 11.9. The molecule has 3 nitrogen and oxygen atoms in total. The van der Waals surface area contributed by atoms with E-state index in [1.54, 1.807) is 0 Å². The molecule has 1 amide bonds. The minimum Gasteiger partial charge on any atom is -0.369 e. The van der Waals surface area contributed by atoms with Gasteiger partial charge in [0, 0.05) is 0 Å². The standard InChI is InChI=1S/C11H10F3NO2/c12-11(13,14)8-3-1-7(2-4-8)9-5-17-6-10(16)15-9/h1-4,9H,5-6H2,(H,15,16). The van der Waals surface area contributed by atoms with Crippen LogP contribution in [0.4, 0.5) is 13.2 Å². The summed E-state index contributed by atoms with van der Waals surface area (Å²) in [5.74, 6) is -0.263. The summed E-state index contributed by atoms with van der Waals surface area (Å²) < 4.78 is 42.0. The van der Waals surface area contributed by atoms with Gasteiger partial charge < -0.3 is 10.1 Å². The molecule has 1 N–H and O–H groups in total. The second-order valence-corrected chi connectivity index (χ2v) is 3.75. The number of morpholine rings is 1. The number of hydrogen-bond donors (Lipinski definition) is 1. The van der Waals surface area contributed by atoms with Crippen molar-refractivity contribution in [2.75, 3.05) is 13.2 Å². The molecule has 1 aromatic carbocycles. The lowest BCUT2D eigenvalue weighted by Crippen LogP contribution is -2.39. The molecule has 92 valence electrons. The number of halogens is 3. The Morgan fingerprint density at radius 3 is 2.41 bits per heavy atom. The van der Waals surface area contributed by atoms with Crippen molar-refractivity contribution in [1.29, 1.82) is 0 Å². The van der Waals surface area contributed by atoms with E-state index in [-0.39, 0.29) is 25.2 Å². The van der Waals surface area contributed by atoms with Crippen LogP contribution < -0.4 is 5.32 Å². The van der Waals surface area contributed by atoms with E-state index in [0.29, 0.717) is 5.56 Å². The van der Waals surface area contributed by atoms with E-state index in [1.165, 1.54) is 12.1 Å².